The Hall–Kier alpha value is -1.62. The Morgan fingerprint density at radius 3 is 2.68 bits per heavy atom. The lowest BCUT2D eigenvalue weighted by atomic mass is 9.88. The fourth-order valence-corrected chi connectivity index (χ4v) is 2.76. The number of nitrogens with one attached hydrogen (secondary N) is 1. The number of nitrogens with zero attached hydrogens (tertiary/aromatic N) is 1. The molecule has 0 bridgehead atoms. The second-order valence-electron chi connectivity index (χ2n) is 6.05. The lowest BCUT2D eigenvalue weighted by molar-refractivity contribution is -0.124. The quantitative estimate of drug-likeness (QED) is 0.785. The van der Waals surface area contributed by atoms with E-state index in [4.69, 9.17) is 9.47 Å². The SMILES string of the molecule is CCOCCOc1ccc(NC(=O)C2(C)CCCC2)c(C)n1. The number of carbonyl (C=O) groups excluding carboxylic acids is 1. The van der Waals surface area contributed by atoms with Crippen LogP contribution >= 0.6 is 0 Å². The van der Waals surface area contributed by atoms with Gasteiger partial charge in [0.1, 0.15) is 6.61 Å². The maximum absolute atomic E-state index is 12.4. The Bertz CT molecular complexity index is 511. The number of carbonyl (C=O) groups is 1. The van der Waals surface area contributed by atoms with Crippen molar-refractivity contribution in [3.05, 3.63) is 17.8 Å². The third-order valence-corrected chi connectivity index (χ3v) is 4.25. The Morgan fingerprint density at radius 2 is 2.05 bits per heavy atom. The molecule has 1 aromatic heterocycles. The first-order valence-electron chi connectivity index (χ1n) is 8.05. The molecule has 1 saturated carbocycles. The van der Waals surface area contributed by atoms with Crippen LogP contribution in [0.3, 0.4) is 0 Å². The van der Waals surface area contributed by atoms with Gasteiger partial charge in [0.05, 0.1) is 18.0 Å². The van der Waals surface area contributed by atoms with Gasteiger partial charge in [-0.25, -0.2) is 4.98 Å². The zero-order valence-corrected chi connectivity index (χ0v) is 13.8. The number of pyridine rings is 1. The van der Waals surface area contributed by atoms with Gasteiger partial charge in [-0.2, -0.15) is 0 Å². The van der Waals surface area contributed by atoms with E-state index in [0.29, 0.717) is 25.7 Å². The Kier molecular flexibility index (Phi) is 5.77. The van der Waals surface area contributed by atoms with Crippen LogP contribution in [-0.2, 0) is 9.53 Å². The minimum absolute atomic E-state index is 0.0971. The van der Waals surface area contributed by atoms with Crippen molar-refractivity contribution in [2.24, 2.45) is 5.41 Å². The number of rotatable bonds is 7. The summed E-state index contributed by atoms with van der Waals surface area (Å²) in [6.07, 6.45) is 4.19. The standard InChI is InChI=1S/C17H26N2O3/c1-4-21-11-12-22-15-8-7-14(13(2)18-15)19-16(20)17(3)9-5-6-10-17/h7-8H,4-6,9-12H2,1-3H3,(H,19,20). The van der Waals surface area contributed by atoms with Crippen LogP contribution in [0.25, 0.3) is 0 Å². The molecular weight excluding hydrogens is 280 g/mol. The van der Waals surface area contributed by atoms with Crippen LogP contribution in [0.15, 0.2) is 12.1 Å². The molecule has 0 spiro atoms. The van der Waals surface area contributed by atoms with E-state index in [1.54, 1.807) is 6.07 Å². The van der Waals surface area contributed by atoms with Crippen molar-refractivity contribution in [1.29, 1.82) is 0 Å². The summed E-state index contributed by atoms with van der Waals surface area (Å²) in [7, 11) is 0. The molecule has 1 aliphatic carbocycles. The number of hydrogen-bond acceptors (Lipinski definition) is 4. The van der Waals surface area contributed by atoms with Gasteiger partial charge in [0.15, 0.2) is 0 Å². The van der Waals surface area contributed by atoms with Crippen molar-refractivity contribution >= 4 is 11.6 Å². The van der Waals surface area contributed by atoms with E-state index in [-0.39, 0.29) is 11.3 Å². The summed E-state index contributed by atoms with van der Waals surface area (Å²) in [4.78, 5) is 16.8. The molecule has 0 unspecified atom stereocenters. The molecule has 0 aliphatic heterocycles. The van der Waals surface area contributed by atoms with Gasteiger partial charge >= 0.3 is 0 Å². The van der Waals surface area contributed by atoms with Crippen LogP contribution in [0.1, 0.15) is 45.2 Å². The number of aryl methyl sites for hydroxylation is 1. The van der Waals surface area contributed by atoms with Crippen LogP contribution in [0, 0.1) is 12.3 Å². The summed E-state index contributed by atoms with van der Waals surface area (Å²) >= 11 is 0. The highest BCUT2D eigenvalue weighted by Gasteiger charge is 2.36. The van der Waals surface area contributed by atoms with E-state index >= 15 is 0 Å². The second kappa shape index (κ2) is 7.58. The molecule has 22 heavy (non-hydrogen) atoms. The maximum atomic E-state index is 12.4. The minimum Gasteiger partial charge on any atom is -0.475 e. The zero-order valence-electron chi connectivity index (χ0n) is 13.8. The van der Waals surface area contributed by atoms with Crippen molar-refractivity contribution in [1.82, 2.24) is 4.98 Å². The first-order valence-corrected chi connectivity index (χ1v) is 8.05. The molecule has 0 saturated heterocycles. The van der Waals surface area contributed by atoms with Crippen molar-refractivity contribution in [2.75, 3.05) is 25.1 Å². The van der Waals surface area contributed by atoms with Crippen LogP contribution < -0.4 is 10.1 Å². The number of amides is 1. The van der Waals surface area contributed by atoms with Crippen molar-refractivity contribution < 1.29 is 14.3 Å². The highest BCUT2D eigenvalue weighted by molar-refractivity contribution is 5.95. The van der Waals surface area contributed by atoms with E-state index in [1.807, 2.05) is 26.8 Å². The molecule has 0 radical (unpaired) electrons. The smallest absolute Gasteiger partial charge is 0.230 e. The lowest BCUT2D eigenvalue weighted by Gasteiger charge is -2.22. The van der Waals surface area contributed by atoms with Gasteiger partial charge < -0.3 is 14.8 Å². The monoisotopic (exact) mass is 306 g/mol. The Labute approximate surface area is 132 Å². The topological polar surface area (TPSA) is 60.5 Å². The normalized spacial score (nSPS) is 16.5. The van der Waals surface area contributed by atoms with Crippen LogP contribution in [0.5, 0.6) is 5.88 Å². The molecule has 2 rings (SSSR count). The van der Waals surface area contributed by atoms with E-state index in [0.717, 1.165) is 37.1 Å². The number of ether oxygens (including phenoxy) is 2. The van der Waals surface area contributed by atoms with Gasteiger partial charge in [-0.05, 0) is 32.8 Å². The van der Waals surface area contributed by atoms with E-state index in [2.05, 4.69) is 10.3 Å². The van der Waals surface area contributed by atoms with E-state index < -0.39 is 0 Å². The van der Waals surface area contributed by atoms with Gasteiger partial charge in [0.2, 0.25) is 11.8 Å². The zero-order chi connectivity index (χ0) is 16.0. The molecule has 0 atom stereocenters. The minimum atomic E-state index is -0.237. The van der Waals surface area contributed by atoms with Crippen molar-refractivity contribution in [2.45, 2.75) is 46.5 Å². The second-order valence-corrected chi connectivity index (χ2v) is 6.05. The highest BCUT2D eigenvalue weighted by Crippen LogP contribution is 2.38. The van der Waals surface area contributed by atoms with Gasteiger partial charge in [-0.1, -0.05) is 19.8 Å². The summed E-state index contributed by atoms with van der Waals surface area (Å²) in [5.74, 6) is 0.655. The Balaban J connectivity index is 1.93. The molecule has 1 aromatic rings. The molecule has 1 heterocycles. The van der Waals surface area contributed by atoms with Crippen molar-refractivity contribution in [3.8, 4) is 5.88 Å². The summed E-state index contributed by atoms with van der Waals surface area (Å²) in [6, 6.07) is 3.64. The molecule has 1 N–H and O–H groups in total. The maximum Gasteiger partial charge on any atom is 0.230 e. The summed E-state index contributed by atoms with van der Waals surface area (Å²) in [5, 5.41) is 3.01. The third-order valence-electron chi connectivity index (χ3n) is 4.25. The summed E-state index contributed by atoms with van der Waals surface area (Å²) in [5.41, 5.74) is 1.29. The first kappa shape index (κ1) is 16.7. The van der Waals surface area contributed by atoms with Crippen LogP contribution in [-0.4, -0.2) is 30.7 Å². The molecular formula is C17H26N2O3. The fraction of sp³-hybridized carbons (Fsp3) is 0.647. The van der Waals surface area contributed by atoms with Gasteiger partial charge in [0.25, 0.3) is 0 Å². The van der Waals surface area contributed by atoms with Gasteiger partial charge in [-0.15, -0.1) is 0 Å². The predicted octanol–water partition coefficient (Wildman–Crippen LogP) is 3.32. The lowest BCUT2D eigenvalue weighted by Crippen LogP contribution is -2.31. The number of hydrogen-bond donors (Lipinski definition) is 1. The molecule has 1 fully saturated rings. The average molecular weight is 306 g/mol. The molecule has 1 amide bonds. The number of anilines is 1. The largest absolute Gasteiger partial charge is 0.475 e. The van der Waals surface area contributed by atoms with Crippen molar-refractivity contribution in [3.63, 3.8) is 0 Å². The first-order chi connectivity index (χ1) is 10.5. The molecule has 5 heteroatoms. The molecule has 1 aliphatic rings. The summed E-state index contributed by atoms with van der Waals surface area (Å²) in [6.45, 7) is 7.58. The van der Waals surface area contributed by atoms with E-state index in [9.17, 15) is 4.79 Å². The Morgan fingerprint density at radius 1 is 1.32 bits per heavy atom. The predicted molar refractivity (Wildman–Crippen MR) is 86.2 cm³/mol. The summed E-state index contributed by atoms with van der Waals surface area (Å²) < 4.78 is 10.7. The van der Waals surface area contributed by atoms with Crippen LogP contribution in [0.4, 0.5) is 5.69 Å². The third kappa shape index (κ3) is 4.19. The average Bonchev–Trinajstić information content (AvgIpc) is 2.94. The molecule has 0 aromatic carbocycles. The van der Waals surface area contributed by atoms with E-state index in [1.165, 1.54) is 0 Å². The van der Waals surface area contributed by atoms with Gasteiger partial charge in [-0.3, -0.25) is 4.79 Å². The van der Waals surface area contributed by atoms with Gasteiger partial charge in [0, 0.05) is 18.1 Å². The van der Waals surface area contributed by atoms with Crippen LogP contribution in [0.2, 0.25) is 0 Å². The highest BCUT2D eigenvalue weighted by atomic mass is 16.5. The number of aromatic nitrogens is 1. The molecule has 5 nitrogen and oxygen atoms in total. The molecule has 122 valence electrons. The fourth-order valence-electron chi connectivity index (χ4n) is 2.76.